The van der Waals surface area contributed by atoms with Crippen LogP contribution in [0.4, 0.5) is 5.69 Å². The lowest BCUT2D eigenvalue weighted by Crippen LogP contribution is -2.11. The van der Waals surface area contributed by atoms with E-state index in [0.717, 1.165) is 23.4 Å². The number of carbonyl (C=O) groups is 1. The van der Waals surface area contributed by atoms with Gasteiger partial charge in [0.25, 0.3) is 0 Å². The molecule has 1 amide bonds. The number of hydrogen-bond donors (Lipinski definition) is 2. The summed E-state index contributed by atoms with van der Waals surface area (Å²) in [6, 6.07) is 9.55. The number of carbonyl (C=O) groups excluding carboxylic acids is 1. The predicted octanol–water partition coefficient (Wildman–Crippen LogP) is 2.44. The summed E-state index contributed by atoms with van der Waals surface area (Å²) in [6.45, 7) is 0.603. The zero-order valence-corrected chi connectivity index (χ0v) is 10.8. The highest BCUT2D eigenvalue weighted by molar-refractivity contribution is 5.90. The Balaban J connectivity index is 1.90. The molecule has 0 radical (unpaired) electrons. The van der Waals surface area contributed by atoms with Gasteiger partial charge in [-0.25, -0.2) is 0 Å². The normalized spacial score (nSPS) is 10.4. The van der Waals surface area contributed by atoms with Gasteiger partial charge in [0.1, 0.15) is 0 Å². The molecule has 2 N–H and O–H groups in total. The van der Waals surface area contributed by atoms with Crippen LogP contribution < -0.4 is 5.32 Å². The highest BCUT2D eigenvalue weighted by atomic mass is 16.5. The van der Waals surface area contributed by atoms with Crippen LogP contribution in [0.1, 0.15) is 12.8 Å². The predicted molar refractivity (Wildman–Crippen MR) is 73.8 cm³/mol. The van der Waals surface area contributed by atoms with Crippen molar-refractivity contribution in [2.45, 2.75) is 12.8 Å². The SMILES string of the molecule is COCCCC(=O)Nc1ccc(-c2ccn[nH]2)cc1. The van der Waals surface area contributed by atoms with Crippen LogP contribution in [0.15, 0.2) is 36.5 Å². The fraction of sp³-hybridized carbons (Fsp3) is 0.286. The summed E-state index contributed by atoms with van der Waals surface area (Å²) in [6.07, 6.45) is 2.91. The summed E-state index contributed by atoms with van der Waals surface area (Å²) in [7, 11) is 1.63. The molecule has 0 aliphatic rings. The molecule has 5 nitrogen and oxygen atoms in total. The van der Waals surface area contributed by atoms with Crippen LogP contribution in [0, 0.1) is 0 Å². The van der Waals surface area contributed by atoms with Crippen LogP contribution in [-0.4, -0.2) is 29.8 Å². The zero-order valence-electron chi connectivity index (χ0n) is 10.8. The molecule has 2 aromatic rings. The van der Waals surface area contributed by atoms with Crippen molar-refractivity contribution in [1.29, 1.82) is 0 Å². The Bertz CT molecular complexity index is 506. The molecule has 0 unspecified atom stereocenters. The third kappa shape index (κ3) is 3.93. The van der Waals surface area contributed by atoms with E-state index in [0.29, 0.717) is 13.0 Å². The van der Waals surface area contributed by atoms with Crippen molar-refractivity contribution in [1.82, 2.24) is 10.2 Å². The van der Waals surface area contributed by atoms with Crippen LogP contribution in [0.5, 0.6) is 0 Å². The molecule has 0 aliphatic heterocycles. The van der Waals surface area contributed by atoms with Gasteiger partial charge < -0.3 is 10.1 Å². The van der Waals surface area contributed by atoms with E-state index < -0.39 is 0 Å². The van der Waals surface area contributed by atoms with E-state index in [4.69, 9.17) is 4.74 Å². The molecule has 0 saturated carbocycles. The Hall–Kier alpha value is -2.14. The lowest BCUT2D eigenvalue weighted by Gasteiger charge is -2.06. The van der Waals surface area contributed by atoms with Gasteiger partial charge >= 0.3 is 0 Å². The van der Waals surface area contributed by atoms with Crippen LogP contribution >= 0.6 is 0 Å². The van der Waals surface area contributed by atoms with Gasteiger partial charge in [0.2, 0.25) is 5.91 Å². The van der Waals surface area contributed by atoms with Gasteiger partial charge in [0, 0.05) is 32.0 Å². The van der Waals surface area contributed by atoms with E-state index in [1.54, 1.807) is 13.3 Å². The fourth-order valence-electron chi connectivity index (χ4n) is 1.75. The largest absolute Gasteiger partial charge is 0.385 e. The number of amides is 1. The smallest absolute Gasteiger partial charge is 0.224 e. The third-order valence-corrected chi connectivity index (χ3v) is 2.73. The van der Waals surface area contributed by atoms with Gasteiger partial charge in [-0.1, -0.05) is 12.1 Å². The van der Waals surface area contributed by atoms with E-state index in [1.807, 2.05) is 30.3 Å². The van der Waals surface area contributed by atoms with Crippen molar-refractivity contribution in [2.24, 2.45) is 0 Å². The number of ether oxygens (including phenoxy) is 1. The maximum Gasteiger partial charge on any atom is 0.224 e. The van der Waals surface area contributed by atoms with Crippen molar-refractivity contribution in [3.63, 3.8) is 0 Å². The van der Waals surface area contributed by atoms with Gasteiger partial charge in [-0.2, -0.15) is 5.10 Å². The molecule has 19 heavy (non-hydrogen) atoms. The Morgan fingerprint density at radius 2 is 2.11 bits per heavy atom. The molecule has 1 aromatic heterocycles. The Kier molecular flexibility index (Phi) is 4.69. The summed E-state index contributed by atoms with van der Waals surface area (Å²) in [5.41, 5.74) is 2.79. The number of H-pyrrole nitrogens is 1. The highest BCUT2D eigenvalue weighted by Gasteiger charge is 2.03. The maximum absolute atomic E-state index is 11.6. The molecule has 1 aromatic carbocycles. The van der Waals surface area contributed by atoms with Gasteiger partial charge in [-0.15, -0.1) is 0 Å². The number of aromatic nitrogens is 2. The molecule has 2 rings (SSSR count). The number of anilines is 1. The summed E-state index contributed by atoms with van der Waals surface area (Å²) < 4.78 is 4.91. The second-order valence-corrected chi connectivity index (χ2v) is 4.19. The molecular weight excluding hydrogens is 242 g/mol. The van der Waals surface area contributed by atoms with Gasteiger partial charge in [0.15, 0.2) is 0 Å². The average molecular weight is 259 g/mol. The lowest BCUT2D eigenvalue weighted by atomic mass is 10.1. The van der Waals surface area contributed by atoms with Crippen LogP contribution in [0.25, 0.3) is 11.3 Å². The number of hydrogen-bond acceptors (Lipinski definition) is 3. The molecule has 100 valence electrons. The summed E-state index contributed by atoms with van der Waals surface area (Å²) >= 11 is 0. The maximum atomic E-state index is 11.6. The first-order chi connectivity index (χ1) is 9.29. The quantitative estimate of drug-likeness (QED) is 0.783. The Morgan fingerprint density at radius 1 is 1.32 bits per heavy atom. The number of methoxy groups -OCH3 is 1. The number of nitrogens with zero attached hydrogens (tertiary/aromatic N) is 1. The van der Waals surface area contributed by atoms with Crippen molar-refractivity contribution >= 4 is 11.6 Å². The van der Waals surface area contributed by atoms with Crippen LogP contribution in [0.2, 0.25) is 0 Å². The van der Waals surface area contributed by atoms with E-state index >= 15 is 0 Å². The van der Waals surface area contributed by atoms with Crippen molar-refractivity contribution in [2.75, 3.05) is 19.0 Å². The van der Waals surface area contributed by atoms with Crippen molar-refractivity contribution in [3.8, 4) is 11.3 Å². The first kappa shape index (κ1) is 13.3. The number of nitrogens with one attached hydrogen (secondary N) is 2. The minimum atomic E-state index is 0.00587. The van der Waals surface area contributed by atoms with Crippen molar-refractivity contribution in [3.05, 3.63) is 36.5 Å². The Labute approximate surface area is 112 Å². The molecule has 0 fully saturated rings. The molecule has 0 saturated heterocycles. The van der Waals surface area contributed by atoms with Crippen LogP contribution in [0.3, 0.4) is 0 Å². The number of benzene rings is 1. The monoisotopic (exact) mass is 259 g/mol. The van der Waals surface area contributed by atoms with E-state index in [1.165, 1.54) is 0 Å². The highest BCUT2D eigenvalue weighted by Crippen LogP contribution is 2.18. The topological polar surface area (TPSA) is 67.0 Å². The van der Waals surface area contributed by atoms with Crippen LogP contribution in [-0.2, 0) is 9.53 Å². The molecule has 1 heterocycles. The standard InChI is InChI=1S/C14H17N3O2/c1-19-10-2-3-14(18)16-12-6-4-11(5-7-12)13-8-9-15-17-13/h4-9H,2-3,10H2,1H3,(H,15,17)(H,16,18). The van der Waals surface area contributed by atoms with Crippen molar-refractivity contribution < 1.29 is 9.53 Å². The molecule has 0 bridgehead atoms. The minimum Gasteiger partial charge on any atom is -0.385 e. The third-order valence-electron chi connectivity index (χ3n) is 2.73. The average Bonchev–Trinajstić information content (AvgIpc) is 2.94. The van der Waals surface area contributed by atoms with E-state index in [2.05, 4.69) is 15.5 Å². The molecule has 0 aliphatic carbocycles. The molecule has 0 atom stereocenters. The fourth-order valence-corrected chi connectivity index (χ4v) is 1.75. The summed E-state index contributed by atoms with van der Waals surface area (Å²) in [5, 5.41) is 9.65. The second-order valence-electron chi connectivity index (χ2n) is 4.19. The first-order valence-electron chi connectivity index (χ1n) is 6.18. The number of aromatic amines is 1. The van der Waals surface area contributed by atoms with Gasteiger partial charge in [-0.05, 0) is 30.2 Å². The molecule has 5 heteroatoms. The summed E-state index contributed by atoms with van der Waals surface area (Å²) in [5.74, 6) is 0.00587. The molecular formula is C14H17N3O2. The minimum absolute atomic E-state index is 0.00587. The van der Waals surface area contributed by atoms with E-state index in [9.17, 15) is 4.79 Å². The zero-order chi connectivity index (χ0) is 13.5. The second kappa shape index (κ2) is 6.70. The van der Waals surface area contributed by atoms with Gasteiger partial charge in [0.05, 0.1) is 5.69 Å². The molecule has 0 spiro atoms. The Morgan fingerprint density at radius 3 is 2.74 bits per heavy atom. The van der Waals surface area contributed by atoms with Gasteiger partial charge in [-0.3, -0.25) is 9.89 Å². The first-order valence-corrected chi connectivity index (χ1v) is 6.18. The number of rotatable bonds is 6. The van der Waals surface area contributed by atoms with E-state index in [-0.39, 0.29) is 5.91 Å². The summed E-state index contributed by atoms with van der Waals surface area (Å²) in [4.78, 5) is 11.6. The lowest BCUT2D eigenvalue weighted by molar-refractivity contribution is -0.116.